The van der Waals surface area contributed by atoms with Crippen LogP contribution in [0.25, 0.3) is 0 Å². The largest absolute Gasteiger partial charge is 0.481 e. The quantitative estimate of drug-likeness (QED) is 0.662. The zero-order valence-corrected chi connectivity index (χ0v) is 15.3. The van der Waals surface area contributed by atoms with E-state index in [0.717, 1.165) is 5.76 Å². The van der Waals surface area contributed by atoms with Crippen LogP contribution in [0, 0.1) is 12.8 Å². The molecule has 0 spiro atoms. The lowest BCUT2D eigenvalue weighted by Gasteiger charge is -2.24. The van der Waals surface area contributed by atoms with Gasteiger partial charge in [0, 0.05) is 32.2 Å². The van der Waals surface area contributed by atoms with Crippen LogP contribution in [0.1, 0.15) is 61.9 Å². The van der Waals surface area contributed by atoms with Gasteiger partial charge in [0.15, 0.2) is 0 Å². The van der Waals surface area contributed by atoms with Crippen molar-refractivity contribution in [1.29, 1.82) is 0 Å². The first-order chi connectivity index (χ1) is 11.3. The van der Waals surface area contributed by atoms with Gasteiger partial charge in [-0.05, 0) is 26.3 Å². The van der Waals surface area contributed by atoms with Crippen LogP contribution >= 0.6 is 0 Å². The molecule has 1 aromatic rings. The van der Waals surface area contributed by atoms with Crippen molar-refractivity contribution in [3.05, 3.63) is 23.2 Å². The lowest BCUT2D eigenvalue weighted by molar-refractivity contribution is -0.141. The van der Waals surface area contributed by atoms with Crippen LogP contribution in [-0.2, 0) is 9.53 Å². The van der Waals surface area contributed by atoms with Gasteiger partial charge in [0.1, 0.15) is 11.5 Å². The number of amides is 1. The van der Waals surface area contributed by atoms with Gasteiger partial charge in [0.2, 0.25) is 0 Å². The molecule has 0 aliphatic rings. The van der Waals surface area contributed by atoms with E-state index in [4.69, 9.17) is 14.3 Å². The minimum Gasteiger partial charge on any atom is -0.481 e. The van der Waals surface area contributed by atoms with Crippen molar-refractivity contribution in [3.63, 3.8) is 0 Å². The van der Waals surface area contributed by atoms with Crippen molar-refractivity contribution in [2.24, 2.45) is 5.92 Å². The van der Waals surface area contributed by atoms with Gasteiger partial charge in [-0.15, -0.1) is 0 Å². The number of aliphatic carboxylic acids is 1. The summed E-state index contributed by atoms with van der Waals surface area (Å²) in [6.45, 7) is 11.1. The van der Waals surface area contributed by atoms with E-state index in [1.54, 1.807) is 24.8 Å². The number of carboxylic acids is 1. The fourth-order valence-corrected chi connectivity index (χ4v) is 2.36. The molecule has 6 heteroatoms. The van der Waals surface area contributed by atoms with E-state index in [1.165, 1.54) is 0 Å². The molecule has 0 aliphatic carbocycles. The summed E-state index contributed by atoms with van der Waals surface area (Å²) in [4.78, 5) is 25.6. The van der Waals surface area contributed by atoms with Crippen LogP contribution < -0.4 is 0 Å². The van der Waals surface area contributed by atoms with E-state index in [2.05, 4.69) is 0 Å². The molecule has 6 nitrogen and oxygen atoms in total. The zero-order chi connectivity index (χ0) is 18.3. The van der Waals surface area contributed by atoms with E-state index in [0.29, 0.717) is 37.5 Å². The Hall–Kier alpha value is -1.82. The van der Waals surface area contributed by atoms with Gasteiger partial charge in [-0.3, -0.25) is 9.59 Å². The van der Waals surface area contributed by atoms with Gasteiger partial charge < -0.3 is 19.2 Å². The Morgan fingerprint density at radius 3 is 2.50 bits per heavy atom. The maximum absolute atomic E-state index is 12.9. The van der Waals surface area contributed by atoms with Crippen LogP contribution in [-0.4, -0.2) is 48.2 Å². The molecule has 1 N–H and O–H groups in total. The van der Waals surface area contributed by atoms with E-state index in [9.17, 15) is 9.59 Å². The maximum atomic E-state index is 12.9. The summed E-state index contributed by atoms with van der Waals surface area (Å²) in [5.41, 5.74) is 0.507. The van der Waals surface area contributed by atoms with Crippen LogP contribution in [0.15, 0.2) is 10.5 Å². The van der Waals surface area contributed by atoms with Gasteiger partial charge in [-0.25, -0.2) is 0 Å². The topological polar surface area (TPSA) is 80.0 Å². The number of rotatable bonds is 10. The Balaban J connectivity index is 2.90. The molecule has 0 bridgehead atoms. The van der Waals surface area contributed by atoms with Gasteiger partial charge in [-0.1, -0.05) is 20.8 Å². The number of nitrogens with zero attached hydrogens (tertiary/aromatic N) is 1. The second kappa shape index (κ2) is 9.47. The molecule has 1 aromatic heterocycles. The molecule has 1 heterocycles. The van der Waals surface area contributed by atoms with Crippen LogP contribution in [0.5, 0.6) is 0 Å². The third-order valence-corrected chi connectivity index (χ3v) is 3.86. The fraction of sp³-hybridized carbons (Fsp3) is 0.667. The number of furan rings is 1. The summed E-state index contributed by atoms with van der Waals surface area (Å²) in [5, 5.41) is 9.14. The lowest BCUT2D eigenvalue weighted by atomic mass is 10.1. The predicted octanol–water partition coefficient (Wildman–Crippen LogP) is 3.30. The van der Waals surface area contributed by atoms with Gasteiger partial charge in [-0.2, -0.15) is 0 Å². The average molecular weight is 339 g/mol. The number of hydrogen-bond donors (Lipinski definition) is 1. The van der Waals surface area contributed by atoms with E-state index >= 15 is 0 Å². The minimum atomic E-state index is -0.913. The summed E-state index contributed by atoms with van der Waals surface area (Å²) >= 11 is 0. The first-order valence-corrected chi connectivity index (χ1v) is 8.48. The minimum absolute atomic E-state index is 0.169. The van der Waals surface area contributed by atoms with E-state index < -0.39 is 11.9 Å². The predicted molar refractivity (Wildman–Crippen MR) is 91.3 cm³/mol. The zero-order valence-electron chi connectivity index (χ0n) is 15.3. The molecule has 0 fully saturated rings. The molecule has 0 radical (unpaired) electrons. The van der Waals surface area contributed by atoms with Crippen molar-refractivity contribution in [2.75, 3.05) is 26.3 Å². The Morgan fingerprint density at radius 1 is 1.33 bits per heavy atom. The highest BCUT2D eigenvalue weighted by Gasteiger charge is 2.25. The molecule has 0 aliphatic heterocycles. The van der Waals surface area contributed by atoms with Crippen molar-refractivity contribution in [3.8, 4) is 0 Å². The summed E-state index contributed by atoms with van der Waals surface area (Å²) in [5.74, 6) is -0.206. The average Bonchev–Trinajstić information content (AvgIpc) is 2.91. The highest BCUT2D eigenvalue weighted by molar-refractivity contribution is 5.95. The third-order valence-electron chi connectivity index (χ3n) is 3.86. The van der Waals surface area contributed by atoms with E-state index in [1.807, 2.05) is 20.8 Å². The molecule has 1 amide bonds. The van der Waals surface area contributed by atoms with E-state index in [-0.39, 0.29) is 18.4 Å². The monoisotopic (exact) mass is 339 g/mol. The highest BCUT2D eigenvalue weighted by Crippen LogP contribution is 2.23. The summed E-state index contributed by atoms with van der Waals surface area (Å²) < 4.78 is 11.0. The van der Waals surface area contributed by atoms with Gasteiger partial charge in [0.25, 0.3) is 5.91 Å². The Labute approximate surface area is 143 Å². The number of carbonyl (C=O) groups is 2. The molecule has 1 rings (SSSR count). The third kappa shape index (κ3) is 5.67. The second-order valence-electron chi connectivity index (χ2n) is 6.31. The molecule has 1 atom stereocenters. The van der Waals surface area contributed by atoms with Crippen molar-refractivity contribution in [2.45, 2.75) is 47.0 Å². The van der Waals surface area contributed by atoms with Crippen molar-refractivity contribution >= 4 is 11.9 Å². The number of carbonyl (C=O) groups excluding carboxylic acids is 1. The summed E-state index contributed by atoms with van der Waals surface area (Å²) in [6, 6.07) is 1.77. The summed E-state index contributed by atoms with van der Waals surface area (Å²) in [7, 11) is 0. The first-order valence-electron chi connectivity index (χ1n) is 8.48. The Kier molecular flexibility index (Phi) is 7.98. The Bertz CT molecular complexity index is 550. The summed E-state index contributed by atoms with van der Waals surface area (Å²) in [6.07, 6.45) is 0.667. The molecular formula is C18H29NO5. The number of aryl methyl sites for hydroxylation is 1. The molecule has 1 unspecified atom stereocenters. The van der Waals surface area contributed by atoms with Crippen LogP contribution in [0.2, 0.25) is 0 Å². The number of ether oxygens (including phenoxy) is 1. The van der Waals surface area contributed by atoms with Crippen LogP contribution in [0.4, 0.5) is 0 Å². The van der Waals surface area contributed by atoms with Gasteiger partial charge >= 0.3 is 5.97 Å². The second-order valence-corrected chi connectivity index (χ2v) is 6.31. The smallest absolute Gasteiger partial charge is 0.308 e. The normalized spacial score (nSPS) is 12.4. The molecule has 0 aromatic carbocycles. The molecule has 0 saturated carbocycles. The highest BCUT2D eigenvalue weighted by atomic mass is 16.5. The van der Waals surface area contributed by atoms with Gasteiger partial charge in [0.05, 0.1) is 11.5 Å². The number of carboxylic acid groups (broad SMARTS) is 1. The lowest BCUT2D eigenvalue weighted by Crippen LogP contribution is -2.38. The molecule has 136 valence electrons. The van der Waals surface area contributed by atoms with Crippen molar-refractivity contribution < 1.29 is 23.8 Å². The SMILES string of the molecule is CCOCCCN(CC(C)C(=O)O)C(=O)c1cc(C(C)C)oc1C. The maximum Gasteiger partial charge on any atom is 0.308 e. The molecule has 0 saturated heterocycles. The van der Waals surface area contributed by atoms with Crippen LogP contribution in [0.3, 0.4) is 0 Å². The first kappa shape index (κ1) is 20.2. The molecular weight excluding hydrogens is 310 g/mol. The molecule has 24 heavy (non-hydrogen) atoms. The van der Waals surface area contributed by atoms with Crippen molar-refractivity contribution in [1.82, 2.24) is 4.90 Å². The fourth-order valence-electron chi connectivity index (χ4n) is 2.36. The Morgan fingerprint density at radius 2 is 2.00 bits per heavy atom. The number of hydrogen-bond acceptors (Lipinski definition) is 4. The standard InChI is InChI=1S/C18H29NO5/c1-6-23-9-7-8-19(11-13(4)18(21)22)17(20)15-10-16(12(2)3)24-14(15)5/h10,12-13H,6-9,11H2,1-5H3,(H,21,22).